The molecule has 8 aromatic carbocycles. The van der Waals surface area contributed by atoms with Crippen molar-refractivity contribution in [2.24, 2.45) is 0 Å². The number of hydrogen-bond acceptors (Lipinski definition) is 1. The summed E-state index contributed by atoms with van der Waals surface area (Å²) < 4.78 is 6.86. The summed E-state index contributed by atoms with van der Waals surface area (Å²) in [5.74, 6) is 0. The van der Waals surface area contributed by atoms with E-state index in [1.54, 1.807) is 0 Å². The average molecular weight is 700 g/mol. The Bertz CT molecular complexity index is 3400. The van der Waals surface area contributed by atoms with E-state index in [-0.39, 0.29) is 0 Å². The molecule has 11 rings (SSSR count). The lowest BCUT2D eigenvalue weighted by atomic mass is 10.0. The van der Waals surface area contributed by atoms with E-state index < -0.39 is 0 Å². The summed E-state index contributed by atoms with van der Waals surface area (Å²) in [6.07, 6.45) is 0. The number of nitriles is 1. The minimum Gasteiger partial charge on any atom is -0.310 e. The maximum Gasteiger partial charge on any atom is 0.196 e. The van der Waals surface area contributed by atoms with Crippen LogP contribution < -0.4 is 0 Å². The molecular formula is C50H29N5. The fourth-order valence-corrected chi connectivity index (χ4v) is 8.82. The molecule has 5 heteroatoms. The van der Waals surface area contributed by atoms with Crippen molar-refractivity contribution in [3.8, 4) is 34.3 Å². The van der Waals surface area contributed by atoms with Crippen LogP contribution in [0.3, 0.4) is 0 Å². The molecule has 0 aliphatic carbocycles. The summed E-state index contributed by atoms with van der Waals surface area (Å²) in [5, 5.41) is 17.0. The highest BCUT2D eigenvalue weighted by Gasteiger charge is 2.21. The smallest absolute Gasteiger partial charge is 0.196 e. The molecule has 0 unspecified atom stereocenters. The highest BCUT2D eigenvalue weighted by molar-refractivity contribution is 6.13. The van der Waals surface area contributed by atoms with Crippen molar-refractivity contribution in [1.82, 2.24) is 13.7 Å². The quantitative estimate of drug-likeness (QED) is 0.169. The van der Waals surface area contributed by atoms with Gasteiger partial charge in [-0.15, -0.1) is 0 Å². The van der Waals surface area contributed by atoms with Crippen LogP contribution in [-0.2, 0) is 0 Å². The first kappa shape index (κ1) is 30.7. The van der Waals surface area contributed by atoms with Gasteiger partial charge in [-0.05, 0) is 66.2 Å². The topological polar surface area (TPSA) is 42.9 Å². The Morgan fingerprint density at radius 3 is 1.56 bits per heavy atom. The first-order valence-electron chi connectivity index (χ1n) is 18.3. The van der Waals surface area contributed by atoms with Crippen LogP contribution in [0.5, 0.6) is 0 Å². The highest BCUT2D eigenvalue weighted by atomic mass is 15.0. The van der Waals surface area contributed by atoms with Crippen molar-refractivity contribution in [3.63, 3.8) is 0 Å². The Labute approximate surface area is 316 Å². The minimum absolute atomic E-state index is 0.582. The first-order chi connectivity index (χ1) is 27.2. The molecule has 0 fully saturated rings. The third-order valence-corrected chi connectivity index (χ3v) is 11.1. The zero-order valence-corrected chi connectivity index (χ0v) is 29.5. The SMILES string of the molecule is [C-]#[N+]c1cccc(-n2c3ccccc3c3ccc(-n4c5ccccc5c5ccccc54)cc32)c1-c1ccc(-n2c3ccccc3c3cccc(C#N)c32)cc1. The van der Waals surface area contributed by atoms with Crippen molar-refractivity contribution < 1.29 is 0 Å². The van der Waals surface area contributed by atoms with E-state index in [0.29, 0.717) is 11.3 Å². The molecule has 5 nitrogen and oxygen atoms in total. The van der Waals surface area contributed by atoms with E-state index in [0.717, 1.165) is 82.8 Å². The fourth-order valence-electron chi connectivity index (χ4n) is 8.82. The summed E-state index contributed by atoms with van der Waals surface area (Å²) in [6.45, 7) is 8.32. The van der Waals surface area contributed by atoms with Gasteiger partial charge in [0.25, 0.3) is 0 Å². The third-order valence-electron chi connectivity index (χ3n) is 11.1. The number of aromatic nitrogens is 3. The van der Waals surface area contributed by atoms with Crippen LogP contribution in [0, 0.1) is 17.9 Å². The monoisotopic (exact) mass is 699 g/mol. The molecule has 254 valence electrons. The van der Waals surface area contributed by atoms with Gasteiger partial charge in [0.2, 0.25) is 0 Å². The molecule has 0 saturated heterocycles. The van der Waals surface area contributed by atoms with Gasteiger partial charge in [-0.3, -0.25) is 0 Å². The van der Waals surface area contributed by atoms with E-state index in [1.165, 1.54) is 10.8 Å². The van der Waals surface area contributed by atoms with Crippen molar-refractivity contribution in [2.45, 2.75) is 0 Å². The van der Waals surface area contributed by atoms with Gasteiger partial charge in [-0.1, -0.05) is 115 Å². The van der Waals surface area contributed by atoms with Crippen LogP contribution >= 0.6 is 0 Å². The van der Waals surface area contributed by atoms with Gasteiger partial charge in [0.1, 0.15) is 6.07 Å². The van der Waals surface area contributed by atoms with Gasteiger partial charge >= 0.3 is 0 Å². The summed E-state index contributed by atoms with van der Waals surface area (Å²) in [7, 11) is 0. The van der Waals surface area contributed by atoms with Crippen molar-refractivity contribution in [2.75, 3.05) is 0 Å². The van der Waals surface area contributed by atoms with Crippen LogP contribution in [0.2, 0.25) is 0 Å². The van der Waals surface area contributed by atoms with Crippen LogP contribution in [0.4, 0.5) is 5.69 Å². The summed E-state index contributed by atoms with van der Waals surface area (Å²) in [5.41, 5.74) is 12.4. The molecule has 0 N–H and O–H groups in total. The molecule has 0 aliphatic heterocycles. The van der Waals surface area contributed by atoms with E-state index in [2.05, 4.69) is 164 Å². The lowest BCUT2D eigenvalue weighted by Gasteiger charge is -2.17. The molecule has 0 spiro atoms. The van der Waals surface area contributed by atoms with E-state index in [9.17, 15) is 5.26 Å². The predicted molar refractivity (Wildman–Crippen MR) is 226 cm³/mol. The minimum atomic E-state index is 0.582. The summed E-state index contributed by atoms with van der Waals surface area (Å²) in [4.78, 5) is 4.07. The van der Waals surface area contributed by atoms with Crippen molar-refractivity contribution in [1.29, 1.82) is 5.26 Å². The van der Waals surface area contributed by atoms with Crippen LogP contribution in [0.25, 0.3) is 98.5 Å². The maximum atomic E-state index is 10.1. The number of fused-ring (bicyclic) bond motifs is 9. The molecule has 11 aromatic rings. The van der Waals surface area contributed by atoms with E-state index >= 15 is 0 Å². The molecule has 0 amide bonds. The molecule has 3 aromatic heterocycles. The molecule has 0 radical (unpaired) electrons. The third kappa shape index (κ3) is 4.39. The van der Waals surface area contributed by atoms with Crippen LogP contribution in [0.1, 0.15) is 5.56 Å². The number of rotatable bonds is 4. The Morgan fingerprint density at radius 1 is 0.436 bits per heavy atom. The zero-order valence-electron chi connectivity index (χ0n) is 29.5. The number of hydrogen-bond donors (Lipinski definition) is 0. The maximum absolute atomic E-state index is 10.1. The predicted octanol–water partition coefficient (Wildman–Crippen LogP) is 13.1. The van der Waals surface area contributed by atoms with Gasteiger partial charge in [-0.2, -0.15) is 5.26 Å². The molecule has 0 atom stereocenters. The van der Waals surface area contributed by atoms with Crippen LogP contribution in [-0.4, -0.2) is 13.7 Å². The largest absolute Gasteiger partial charge is 0.310 e. The summed E-state index contributed by atoms with van der Waals surface area (Å²) >= 11 is 0. The normalized spacial score (nSPS) is 11.6. The lowest BCUT2D eigenvalue weighted by molar-refractivity contribution is 1.15. The highest BCUT2D eigenvalue weighted by Crippen LogP contribution is 2.43. The second-order valence-electron chi connectivity index (χ2n) is 13.9. The Hall–Kier alpha value is -7.86. The Morgan fingerprint density at radius 2 is 0.945 bits per heavy atom. The fraction of sp³-hybridized carbons (Fsp3) is 0. The number of benzene rings is 8. The number of nitrogens with zero attached hydrogens (tertiary/aromatic N) is 5. The van der Waals surface area contributed by atoms with Gasteiger partial charge in [0, 0.05) is 54.9 Å². The molecule has 0 bridgehead atoms. The van der Waals surface area contributed by atoms with Crippen molar-refractivity contribution >= 4 is 71.1 Å². The molecule has 55 heavy (non-hydrogen) atoms. The second-order valence-corrected chi connectivity index (χ2v) is 13.9. The average Bonchev–Trinajstić information content (AvgIpc) is 3.89. The van der Waals surface area contributed by atoms with Gasteiger partial charge in [0.05, 0.1) is 45.2 Å². The van der Waals surface area contributed by atoms with Crippen molar-refractivity contribution in [3.05, 3.63) is 193 Å². The van der Waals surface area contributed by atoms with E-state index in [1.807, 2.05) is 36.4 Å². The lowest BCUT2D eigenvalue weighted by Crippen LogP contribution is -1.99. The van der Waals surface area contributed by atoms with E-state index in [4.69, 9.17) is 6.57 Å². The first-order valence-corrected chi connectivity index (χ1v) is 18.3. The molecular weight excluding hydrogens is 671 g/mol. The number of para-hydroxylation sites is 5. The Balaban J connectivity index is 1.15. The summed E-state index contributed by atoms with van der Waals surface area (Å²) in [6, 6.07) is 63.5. The molecule has 3 heterocycles. The zero-order chi connectivity index (χ0) is 36.6. The Kier molecular flexibility index (Phi) is 6.61. The van der Waals surface area contributed by atoms with Gasteiger partial charge in [0.15, 0.2) is 5.69 Å². The standard InChI is InChI=1S/C50H29N5/c1-52-42-18-11-23-47(49(42)32-24-26-34(27-25-32)54-45-21-8-5-16-39(45)41-17-10-12-33(31-51)50(41)54)55-46-22-9-4-15-38(46)40-29-28-35(30-48(40)55)53-43-19-6-2-13-36(43)37-14-3-7-20-44(37)53/h2-30H. The van der Waals surface area contributed by atoms with Gasteiger partial charge in [-0.25, -0.2) is 4.85 Å². The second kappa shape index (κ2) is 11.8. The molecule has 0 aliphatic rings. The molecule has 0 saturated carbocycles. The van der Waals surface area contributed by atoms with Gasteiger partial charge < -0.3 is 13.7 Å². The van der Waals surface area contributed by atoms with Crippen LogP contribution in [0.15, 0.2) is 176 Å².